The summed E-state index contributed by atoms with van der Waals surface area (Å²) < 4.78 is 2.12. The molecule has 3 aliphatic rings. The van der Waals surface area contributed by atoms with E-state index in [4.69, 9.17) is 0 Å². The van der Waals surface area contributed by atoms with Crippen molar-refractivity contribution < 1.29 is 9.59 Å². The molecule has 3 aromatic rings. The number of carbonyl (C=O) groups excluding carboxylic acids is 2. The second-order valence-electron chi connectivity index (χ2n) is 8.09. The van der Waals surface area contributed by atoms with E-state index in [1.54, 1.807) is 0 Å². The highest BCUT2D eigenvalue weighted by Gasteiger charge is 2.48. The molecule has 136 valence electrons. The number of aromatic nitrogens is 2. The summed E-state index contributed by atoms with van der Waals surface area (Å²) in [4.78, 5) is 30.8. The van der Waals surface area contributed by atoms with Crippen LogP contribution in [-0.2, 0) is 19.5 Å². The van der Waals surface area contributed by atoms with E-state index in [0.717, 1.165) is 48.0 Å². The molecule has 0 atom stereocenters. The number of fused-ring (bicyclic) bond motifs is 4. The van der Waals surface area contributed by atoms with E-state index in [-0.39, 0.29) is 17.4 Å². The number of hydrogen-bond acceptors (Lipinski definition) is 2. The normalized spacial score (nSPS) is 19.7. The fraction of sp³-hybridized carbons (Fsp3) is 0.333. The topological polar surface area (TPSA) is 70.1 Å². The van der Waals surface area contributed by atoms with Crippen LogP contribution in [0.5, 0.6) is 0 Å². The number of benzene rings is 1. The zero-order valence-electron chi connectivity index (χ0n) is 14.9. The number of rotatable bonds is 1. The third-order valence-corrected chi connectivity index (χ3v) is 6.24. The van der Waals surface area contributed by atoms with Crippen molar-refractivity contribution in [3.05, 3.63) is 59.0 Å². The Balaban J connectivity index is 1.33. The van der Waals surface area contributed by atoms with Gasteiger partial charge < -0.3 is 19.8 Å². The Morgan fingerprint density at radius 2 is 2.04 bits per heavy atom. The molecule has 27 heavy (non-hydrogen) atoms. The largest absolute Gasteiger partial charge is 0.351 e. The number of nitrogens with zero attached hydrogens (tertiary/aromatic N) is 2. The molecule has 2 aromatic heterocycles. The molecule has 0 bridgehead atoms. The molecule has 0 unspecified atom stereocenters. The summed E-state index contributed by atoms with van der Waals surface area (Å²) in [6.45, 7) is 2.03. The van der Waals surface area contributed by atoms with Gasteiger partial charge in [-0.15, -0.1) is 0 Å². The molecule has 6 rings (SSSR count). The molecule has 2 amide bonds. The summed E-state index contributed by atoms with van der Waals surface area (Å²) >= 11 is 0. The maximum absolute atomic E-state index is 13.1. The molecule has 2 N–H and O–H groups in total. The minimum atomic E-state index is -0.00837. The average molecular weight is 360 g/mol. The first-order valence-corrected chi connectivity index (χ1v) is 9.52. The van der Waals surface area contributed by atoms with E-state index in [1.165, 1.54) is 5.56 Å². The lowest BCUT2D eigenvalue weighted by Gasteiger charge is -2.29. The number of amides is 2. The Labute approximate surface area is 156 Å². The zero-order chi connectivity index (χ0) is 18.2. The van der Waals surface area contributed by atoms with E-state index >= 15 is 0 Å². The van der Waals surface area contributed by atoms with E-state index in [9.17, 15) is 9.59 Å². The number of carbonyl (C=O) groups is 2. The molecule has 2 aliphatic heterocycles. The Hall–Kier alpha value is -3.02. The fourth-order valence-corrected chi connectivity index (χ4v) is 4.60. The highest BCUT2D eigenvalue weighted by Crippen LogP contribution is 2.41. The first kappa shape index (κ1) is 15.1. The molecule has 6 heteroatoms. The van der Waals surface area contributed by atoms with Gasteiger partial charge in [-0.2, -0.15) is 0 Å². The Bertz CT molecular complexity index is 1090. The van der Waals surface area contributed by atoms with Crippen molar-refractivity contribution in [3.8, 4) is 0 Å². The third kappa shape index (κ3) is 2.19. The van der Waals surface area contributed by atoms with Gasteiger partial charge in [-0.1, -0.05) is 18.2 Å². The van der Waals surface area contributed by atoms with Gasteiger partial charge in [0.15, 0.2) is 0 Å². The SMILES string of the molecule is O=C1NC2(CC2)Cn2cc3c(c21)CN(C(=O)c1cc2ccccc2[nH]1)CC3. The predicted molar refractivity (Wildman–Crippen MR) is 101 cm³/mol. The van der Waals surface area contributed by atoms with Crippen LogP contribution in [0.2, 0.25) is 0 Å². The highest BCUT2D eigenvalue weighted by atomic mass is 16.2. The van der Waals surface area contributed by atoms with Crippen molar-refractivity contribution in [3.63, 3.8) is 0 Å². The lowest BCUT2D eigenvalue weighted by molar-refractivity contribution is 0.0725. The van der Waals surface area contributed by atoms with Gasteiger partial charge in [-0.25, -0.2) is 0 Å². The van der Waals surface area contributed by atoms with Gasteiger partial charge >= 0.3 is 0 Å². The van der Waals surface area contributed by atoms with Crippen molar-refractivity contribution >= 4 is 22.7 Å². The molecular formula is C21H20N4O2. The van der Waals surface area contributed by atoms with Crippen LogP contribution in [0.4, 0.5) is 0 Å². The van der Waals surface area contributed by atoms with E-state index < -0.39 is 0 Å². The number of H-pyrrole nitrogens is 1. The van der Waals surface area contributed by atoms with E-state index in [0.29, 0.717) is 18.8 Å². The molecule has 6 nitrogen and oxygen atoms in total. The first-order valence-electron chi connectivity index (χ1n) is 9.52. The van der Waals surface area contributed by atoms with Crippen LogP contribution in [0.3, 0.4) is 0 Å². The zero-order valence-corrected chi connectivity index (χ0v) is 14.9. The average Bonchev–Trinajstić information content (AvgIpc) is 3.12. The number of aromatic amines is 1. The van der Waals surface area contributed by atoms with Crippen LogP contribution in [0.15, 0.2) is 36.5 Å². The standard InChI is InChI=1S/C21H20N4O2/c26-19-18-15-11-24(20(27)17-9-13-3-1-2-4-16(13)22-17)8-5-14(15)10-25(18)12-21(23-19)6-7-21/h1-4,9-10,22H,5-8,11-12H2,(H,23,26). The predicted octanol–water partition coefficient (Wildman–Crippen LogP) is 2.44. The molecule has 1 fully saturated rings. The second kappa shape index (κ2) is 5.03. The molecule has 1 aromatic carbocycles. The quantitative estimate of drug-likeness (QED) is 0.700. The van der Waals surface area contributed by atoms with Gasteiger partial charge in [0, 0.05) is 42.3 Å². The summed E-state index contributed by atoms with van der Waals surface area (Å²) in [6.07, 6.45) is 5.05. The Kier molecular flexibility index (Phi) is 2.81. The van der Waals surface area contributed by atoms with Crippen molar-refractivity contribution in [1.29, 1.82) is 0 Å². The summed E-state index contributed by atoms with van der Waals surface area (Å²) in [7, 11) is 0. The summed E-state index contributed by atoms with van der Waals surface area (Å²) in [5.41, 5.74) is 4.53. The molecular weight excluding hydrogens is 340 g/mol. The van der Waals surface area contributed by atoms with Crippen LogP contribution >= 0.6 is 0 Å². The van der Waals surface area contributed by atoms with Gasteiger partial charge in [0.25, 0.3) is 11.8 Å². The minimum Gasteiger partial charge on any atom is -0.351 e. The Morgan fingerprint density at radius 1 is 1.19 bits per heavy atom. The fourth-order valence-electron chi connectivity index (χ4n) is 4.60. The van der Waals surface area contributed by atoms with Crippen LogP contribution in [-0.4, -0.2) is 38.3 Å². The van der Waals surface area contributed by atoms with Gasteiger partial charge in [-0.05, 0) is 37.0 Å². The molecule has 0 radical (unpaired) electrons. The lowest BCUT2D eigenvalue weighted by atomic mass is 10.0. The molecule has 1 spiro atoms. The van der Waals surface area contributed by atoms with Gasteiger partial charge in [0.2, 0.25) is 0 Å². The third-order valence-electron chi connectivity index (χ3n) is 6.24. The maximum Gasteiger partial charge on any atom is 0.270 e. The molecule has 1 saturated carbocycles. The Morgan fingerprint density at radius 3 is 2.85 bits per heavy atom. The minimum absolute atomic E-state index is 0.00770. The van der Waals surface area contributed by atoms with Crippen LogP contribution < -0.4 is 5.32 Å². The molecule has 4 heterocycles. The van der Waals surface area contributed by atoms with Crippen LogP contribution in [0, 0.1) is 0 Å². The number of hydrogen-bond donors (Lipinski definition) is 2. The summed E-state index contributed by atoms with van der Waals surface area (Å²) in [5.74, 6) is 0.00610. The van der Waals surface area contributed by atoms with Crippen LogP contribution in [0.1, 0.15) is 44.9 Å². The lowest BCUT2D eigenvalue weighted by Crippen LogP contribution is -2.46. The summed E-state index contributed by atoms with van der Waals surface area (Å²) in [6, 6.07) is 9.81. The van der Waals surface area contributed by atoms with Gasteiger partial charge in [0.1, 0.15) is 11.4 Å². The number of para-hydroxylation sites is 1. The van der Waals surface area contributed by atoms with E-state index in [2.05, 4.69) is 21.1 Å². The molecule has 0 saturated heterocycles. The second-order valence-corrected chi connectivity index (χ2v) is 8.09. The summed E-state index contributed by atoms with van der Waals surface area (Å²) in [5, 5.41) is 4.22. The number of nitrogens with one attached hydrogen (secondary N) is 2. The van der Waals surface area contributed by atoms with Gasteiger partial charge in [0.05, 0.1) is 5.54 Å². The first-order chi connectivity index (χ1) is 13.1. The monoisotopic (exact) mass is 360 g/mol. The maximum atomic E-state index is 13.1. The van der Waals surface area contributed by atoms with Crippen LogP contribution in [0.25, 0.3) is 10.9 Å². The molecule has 1 aliphatic carbocycles. The van der Waals surface area contributed by atoms with Crippen molar-refractivity contribution in [2.24, 2.45) is 0 Å². The van der Waals surface area contributed by atoms with Crippen molar-refractivity contribution in [1.82, 2.24) is 19.8 Å². The van der Waals surface area contributed by atoms with Crippen molar-refractivity contribution in [2.45, 2.75) is 37.9 Å². The van der Waals surface area contributed by atoms with Gasteiger partial charge in [-0.3, -0.25) is 9.59 Å². The van der Waals surface area contributed by atoms with Crippen molar-refractivity contribution in [2.75, 3.05) is 6.54 Å². The highest BCUT2D eigenvalue weighted by molar-refractivity contribution is 5.99. The van der Waals surface area contributed by atoms with E-state index in [1.807, 2.05) is 35.2 Å². The smallest absolute Gasteiger partial charge is 0.270 e.